The molecule has 2 rings (SSSR count). The zero-order valence-electron chi connectivity index (χ0n) is 13.3. The molecule has 2 amide bonds. The zero-order valence-corrected chi connectivity index (χ0v) is 13.3. The zero-order chi connectivity index (χ0) is 15.9. The molecule has 0 saturated heterocycles. The summed E-state index contributed by atoms with van der Waals surface area (Å²) >= 11 is 0. The van der Waals surface area contributed by atoms with Gasteiger partial charge < -0.3 is 11.1 Å². The lowest BCUT2D eigenvalue weighted by Crippen LogP contribution is -2.34. The molecule has 1 fully saturated rings. The van der Waals surface area contributed by atoms with Crippen molar-refractivity contribution >= 4 is 11.8 Å². The van der Waals surface area contributed by atoms with E-state index in [0.29, 0.717) is 18.9 Å². The van der Waals surface area contributed by atoms with E-state index in [1.165, 1.54) is 5.56 Å². The number of hydrogen-bond donors (Lipinski definition) is 2. The molecule has 0 radical (unpaired) electrons. The SMILES string of the molecule is CCc1ccccc1CC(=O)NCC1CCC(C(N)=O)CC1. The number of primary amides is 1. The van der Waals surface area contributed by atoms with Crippen molar-refractivity contribution in [3.63, 3.8) is 0 Å². The minimum absolute atomic E-state index is 0.0309. The van der Waals surface area contributed by atoms with Crippen LogP contribution in [-0.4, -0.2) is 18.4 Å². The fourth-order valence-corrected chi connectivity index (χ4v) is 3.22. The van der Waals surface area contributed by atoms with Crippen LogP contribution < -0.4 is 11.1 Å². The number of hydrogen-bond acceptors (Lipinski definition) is 2. The van der Waals surface area contributed by atoms with Crippen molar-refractivity contribution in [3.8, 4) is 0 Å². The molecule has 22 heavy (non-hydrogen) atoms. The monoisotopic (exact) mass is 302 g/mol. The predicted molar refractivity (Wildman–Crippen MR) is 87.2 cm³/mol. The van der Waals surface area contributed by atoms with Crippen LogP contribution in [0.4, 0.5) is 0 Å². The maximum Gasteiger partial charge on any atom is 0.224 e. The molecule has 4 nitrogen and oxygen atoms in total. The van der Waals surface area contributed by atoms with Crippen LogP contribution >= 0.6 is 0 Å². The van der Waals surface area contributed by atoms with E-state index < -0.39 is 0 Å². The molecule has 0 unspecified atom stereocenters. The highest BCUT2D eigenvalue weighted by Gasteiger charge is 2.24. The van der Waals surface area contributed by atoms with Gasteiger partial charge in [-0.1, -0.05) is 31.2 Å². The Morgan fingerprint density at radius 3 is 2.36 bits per heavy atom. The van der Waals surface area contributed by atoms with Gasteiger partial charge in [-0.15, -0.1) is 0 Å². The Bertz CT molecular complexity index is 520. The van der Waals surface area contributed by atoms with Crippen molar-refractivity contribution < 1.29 is 9.59 Å². The lowest BCUT2D eigenvalue weighted by molar-refractivity contribution is -0.123. The third-order valence-corrected chi connectivity index (χ3v) is 4.69. The Labute approximate surface area is 132 Å². The molecular weight excluding hydrogens is 276 g/mol. The smallest absolute Gasteiger partial charge is 0.224 e. The first-order valence-corrected chi connectivity index (χ1v) is 8.23. The number of nitrogens with one attached hydrogen (secondary N) is 1. The maximum absolute atomic E-state index is 12.1. The summed E-state index contributed by atoms with van der Waals surface area (Å²) in [7, 11) is 0. The van der Waals surface area contributed by atoms with Crippen LogP contribution in [0.15, 0.2) is 24.3 Å². The number of carbonyl (C=O) groups is 2. The van der Waals surface area contributed by atoms with Crippen molar-refractivity contribution in [3.05, 3.63) is 35.4 Å². The Morgan fingerprint density at radius 2 is 1.77 bits per heavy atom. The molecule has 4 heteroatoms. The first kappa shape index (κ1) is 16.5. The van der Waals surface area contributed by atoms with Gasteiger partial charge in [0.25, 0.3) is 0 Å². The second kappa shape index (κ2) is 7.97. The van der Waals surface area contributed by atoms with E-state index in [4.69, 9.17) is 5.73 Å². The van der Waals surface area contributed by atoms with Crippen LogP contribution in [-0.2, 0) is 22.4 Å². The highest BCUT2D eigenvalue weighted by atomic mass is 16.2. The van der Waals surface area contributed by atoms with Crippen molar-refractivity contribution in [1.82, 2.24) is 5.32 Å². The summed E-state index contributed by atoms with van der Waals surface area (Å²) < 4.78 is 0. The normalized spacial score (nSPS) is 21.3. The quantitative estimate of drug-likeness (QED) is 0.845. The molecule has 0 bridgehead atoms. The third-order valence-electron chi connectivity index (χ3n) is 4.69. The lowest BCUT2D eigenvalue weighted by Gasteiger charge is -2.26. The van der Waals surface area contributed by atoms with E-state index in [-0.39, 0.29) is 17.7 Å². The largest absolute Gasteiger partial charge is 0.369 e. The van der Waals surface area contributed by atoms with Crippen molar-refractivity contribution in [1.29, 1.82) is 0 Å². The second-order valence-electron chi connectivity index (χ2n) is 6.22. The average Bonchev–Trinajstić information content (AvgIpc) is 2.54. The van der Waals surface area contributed by atoms with Gasteiger partial charge in [0.1, 0.15) is 0 Å². The number of amides is 2. The number of benzene rings is 1. The maximum atomic E-state index is 12.1. The van der Waals surface area contributed by atoms with Crippen LogP contribution in [0, 0.1) is 11.8 Å². The van der Waals surface area contributed by atoms with E-state index in [2.05, 4.69) is 18.3 Å². The molecule has 1 aliphatic carbocycles. The van der Waals surface area contributed by atoms with Crippen LogP contribution in [0.5, 0.6) is 0 Å². The summed E-state index contributed by atoms with van der Waals surface area (Å²) in [6.07, 6.45) is 5.04. The highest BCUT2D eigenvalue weighted by molar-refractivity contribution is 5.79. The molecule has 1 saturated carbocycles. The van der Waals surface area contributed by atoms with Gasteiger partial charge in [0.15, 0.2) is 0 Å². The number of carbonyl (C=O) groups excluding carboxylic acids is 2. The predicted octanol–water partition coefficient (Wildman–Crippen LogP) is 2.20. The van der Waals surface area contributed by atoms with Gasteiger partial charge in [0.05, 0.1) is 6.42 Å². The van der Waals surface area contributed by atoms with Crippen molar-refractivity contribution in [2.24, 2.45) is 17.6 Å². The van der Waals surface area contributed by atoms with Crippen molar-refractivity contribution in [2.45, 2.75) is 45.4 Å². The van der Waals surface area contributed by atoms with E-state index in [0.717, 1.165) is 37.7 Å². The molecule has 0 aliphatic heterocycles. The molecule has 1 aliphatic rings. The van der Waals surface area contributed by atoms with Gasteiger partial charge in [-0.05, 0) is 49.1 Å². The summed E-state index contributed by atoms with van der Waals surface area (Å²) in [5, 5.41) is 3.04. The van der Waals surface area contributed by atoms with Gasteiger partial charge in [-0.2, -0.15) is 0 Å². The summed E-state index contributed by atoms with van der Waals surface area (Å²) in [5.74, 6) is 0.404. The van der Waals surface area contributed by atoms with E-state index >= 15 is 0 Å². The Morgan fingerprint density at radius 1 is 1.14 bits per heavy atom. The molecule has 120 valence electrons. The van der Waals surface area contributed by atoms with Crippen LogP contribution in [0.3, 0.4) is 0 Å². The van der Waals surface area contributed by atoms with Crippen molar-refractivity contribution in [2.75, 3.05) is 6.54 Å². The molecule has 0 heterocycles. The van der Waals surface area contributed by atoms with E-state index in [1.54, 1.807) is 0 Å². The first-order valence-electron chi connectivity index (χ1n) is 8.23. The molecule has 1 aromatic rings. The van der Waals surface area contributed by atoms with Crippen LogP contribution in [0.1, 0.15) is 43.7 Å². The second-order valence-corrected chi connectivity index (χ2v) is 6.22. The molecule has 3 N–H and O–H groups in total. The molecular formula is C18H26N2O2. The minimum atomic E-state index is -0.182. The third kappa shape index (κ3) is 4.58. The van der Waals surface area contributed by atoms with Gasteiger partial charge in [-0.3, -0.25) is 9.59 Å². The summed E-state index contributed by atoms with van der Waals surface area (Å²) in [5.41, 5.74) is 7.69. The number of nitrogens with two attached hydrogens (primary N) is 1. The lowest BCUT2D eigenvalue weighted by atomic mass is 9.81. The summed E-state index contributed by atoms with van der Waals surface area (Å²) in [6.45, 7) is 2.81. The first-order chi connectivity index (χ1) is 10.6. The Kier molecular flexibility index (Phi) is 5.99. The fourth-order valence-electron chi connectivity index (χ4n) is 3.22. The van der Waals surface area contributed by atoms with Gasteiger partial charge >= 0.3 is 0 Å². The standard InChI is InChI=1S/C18H26N2O2/c1-2-14-5-3-4-6-16(14)11-17(21)20-12-13-7-9-15(10-8-13)18(19)22/h3-6,13,15H,2,7-12H2,1H3,(H2,19,22)(H,20,21). The average molecular weight is 302 g/mol. The minimum Gasteiger partial charge on any atom is -0.369 e. The molecule has 1 aromatic carbocycles. The topological polar surface area (TPSA) is 72.2 Å². The van der Waals surface area contributed by atoms with Gasteiger partial charge in [0.2, 0.25) is 11.8 Å². The Balaban J connectivity index is 1.75. The van der Waals surface area contributed by atoms with E-state index in [9.17, 15) is 9.59 Å². The number of rotatable bonds is 6. The van der Waals surface area contributed by atoms with Gasteiger partial charge in [0, 0.05) is 12.5 Å². The van der Waals surface area contributed by atoms with E-state index in [1.807, 2.05) is 18.2 Å². The number of aryl methyl sites for hydroxylation is 1. The molecule has 0 spiro atoms. The Hall–Kier alpha value is -1.84. The van der Waals surface area contributed by atoms with Crippen LogP contribution in [0.25, 0.3) is 0 Å². The highest BCUT2D eigenvalue weighted by Crippen LogP contribution is 2.28. The summed E-state index contributed by atoms with van der Waals surface area (Å²) in [6, 6.07) is 8.09. The fraction of sp³-hybridized carbons (Fsp3) is 0.556. The molecule has 0 aromatic heterocycles. The van der Waals surface area contributed by atoms with Gasteiger partial charge in [-0.25, -0.2) is 0 Å². The molecule has 0 atom stereocenters. The summed E-state index contributed by atoms with van der Waals surface area (Å²) in [4.78, 5) is 23.3. The van der Waals surface area contributed by atoms with Crippen LogP contribution in [0.2, 0.25) is 0 Å².